The predicted octanol–water partition coefficient (Wildman–Crippen LogP) is 1.58. The highest BCUT2D eigenvalue weighted by molar-refractivity contribution is 6.72. The molecule has 328 valence electrons. The largest absolute Gasteiger partial charge is 0.492 e. The highest BCUT2D eigenvalue weighted by Gasteiger charge is 2.62. The minimum absolute atomic E-state index is 0.00517. The quantitative estimate of drug-likeness (QED) is 0.130. The molecule has 7 unspecified atom stereocenters. The molecule has 0 aromatic heterocycles. The van der Waals surface area contributed by atoms with Gasteiger partial charge in [-0.1, -0.05) is 48.9 Å². The van der Waals surface area contributed by atoms with Crippen molar-refractivity contribution in [2.75, 3.05) is 24.8 Å². The zero-order valence-corrected chi connectivity index (χ0v) is 33.8. The molecule has 1 saturated carbocycles. The highest BCUT2D eigenvalue weighted by Crippen LogP contribution is 2.52. The number of benzene rings is 3. The van der Waals surface area contributed by atoms with E-state index in [1.54, 1.807) is 47.4 Å². The number of anilines is 1. The van der Waals surface area contributed by atoms with E-state index < -0.39 is 84.9 Å². The molecule has 18 heteroatoms. The normalized spacial score (nSPS) is 27.6. The van der Waals surface area contributed by atoms with Crippen molar-refractivity contribution in [1.82, 2.24) is 0 Å². The van der Waals surface area contributed by atoms with E-state index in [1.807, 2.05) is 0 Å². The average Bonchev–Trinajstić information content (AvgIpc) is 3.70. The smallest absolute Gasteiger partial charge is 0.302 e. The molecule has 0 radical (unpaired) electrons. The van der Waals surface area contributed by atoms with Crippen molar-refractivity contribution < 1.29 is 63.7 Å². The molecular weight excluding hydrogens is 819 g/mol. The number of allylic oxidation sites excluding steroid dienone is 1. The fourth-order valence-corrected chi connectivity index (χ4v) is 9.53. The Labute approximate surface area is 360 Å². The molecule has 3 aromatic rings. The van der Waals surface area contributed by atoms with E-state index in [4.69, 9.17) is 24.7 Å². The molecule has 1 amide bonds. The number of aldehydes is 1. The van der Waals surface area contributed by atoms with Gasteiger partial charge in [-0.25, -0.2) is 0 Å². The first kappa shape index (κ1) is 42.2. The summed E-state index contributed by atoms with van der Waals surface area (Å²) in [5.74, 6) is -3.63. The number of ether oxygens (including phenoxy) is 4. The van der Waals surface area contributed by atoms with Gasteiger partial charge in [0.2, 0.25) is 12.2 Å². The number of para-hydroxylation sites is 1. The van der Waals surface area contributed by atoms with E-state index in [0.717, 1.165) is 6.42 Å². The molecule has 1 saturated heterocycles. The van der Waals surface area contributed by atoms with Crippen LogP contribution in [0.1, 0.15) is 93.8 Å². The number of nitrogens with two attached hydrogens (primary N) is 1. The number of amides is 1. The van der Waals surface area contributed by atoms with Gasteiger partial charge in [-0.05, 0) is 49.5 Å². The number of guanidine groups is 1. The fraction of sp³-hybridized carbons (Fsp3) is 0.400. The molecule has 2 fully saturated rings. The van der Waals surface area contributed by atoms with Gasteiger partial charge in [0.05, 0.1) is 17.9 Å². The third-order valence-electron chi connectivity index (χ3n) is 12.7. The first-order valence-electron chi connectivity index (χ1n) is 20.8. The molecular formula is C45H45N5O13. The number of ketones is 2. The van der Waals surface area contributed by atoms with Gasteiger partial charge in [0.15, 0.2) is 40.2 Å². The van der Waals surface area contributed by atoms with Crippen molar-refractivity contribution in [1.29, 1.82) is 0 Å². The molecule has 4 aliphatic heterocycles. The third kappa shape index (κ3) is 7.02. The van der Waals surface area contributed by atoms with Crippen molar-refractivity contribution in [2.45, 2.75) is 92.8 Å². The van der Waals surface area contributed by atoms with Gasteiger partial charge in [-0.2, -0.15) is 9.98 Å². The van der Waals surface area contributed by atoms with Crippen LogP contribution in [-0.4, -0.2) is 129 Å². The summed E-state index contributed by atoms with van der Waals surface area (Å²) in [7, 11) is 0. The Morgan fingerprint density at radius 1 is 0.968 bits per heavy atom. The second-order valence-electron chi connectivity index (χ2n) is 16.4. The van der Waals surface area contributed by atoms with Crippen molar-refractivity contribution in [3.63, 3.8) is 0 Å². The van der Waals surface area contributed by atoms with Crippen molar-refractivity contribution in [3.8, 4) is 11.5 Å². The molecule has 7 atom stereocenters. The second-order valence-corrected chi connectivity index (χ2v) is 16.4. The van der Waals surface area contributed by atoms with Crippen molar-refractivity contribution in [3.05, 3.63) is 100 Å². The number of hydrogen-bond donors (Lipinski definition) is 6. The average molecular weight is 864 g/mol. The minimum Gasteiger partial charge on any atom is -0.492 e. The summed E-state index contributed by atoms with van der Waals surface area (Å²) < 4.78 is 26.4. The Kier molecular flexibility index (Phi) is 11.1. The van der Waals surface area contributed by atoms with E-state index in [-0.39, 0.29) is 69.9 Å². The number of carbonyl (C=O) groups excluding carboxylic acids is 4. The van der Waals surface area contributed by atoms with Gasteiger partial charge in [0, 0.05) is 53.3 Å². The Morgan fingerprint density at radius 3 is 2.44 bits per heavy atom. The number of fused-ring (bicyclic) bond motifs is 7. The van der Waals surface area contributed by atoms with Crippen LogP contribution in [0.3, 0.4) is 0 Å². The van der Waals surface area contributed by atoms with Crippen LogP contribution >= 0.6 is 0 Å². The van der Waals surface area contributed by atoms with Gasteiger partial charge in [0.25, 0.3) is 0 Å². The van der Waals surface area contributed by atoms with Gasteiger partial charge in [-0.15, -0.1) is 0 Å². The summed E-state index contributed by atoms with van der Waals surface area (Å²) in [6.45, 7) is -1.31. The maximum atomic E-state index is 14.7. The summed E-state index contributed by atoms with van der Waals surface area (Å²) in [4.78, 5) is 67.8. The number of aliphatic hydroxyl groups excluding tert-OH is 4. The first-order valence-corrected chi connectivity index (χ1v) is 20.8. The van der Waals surface area contributed by atoms with Gasteiger partial charge < -0.3 is 59.9 Å². The van der Waals surface area contributed by atoms with Crippen LogP contribution < -0.4 is 20.1 Å². The number of nitrogens with zero attached hydrogens (tertiary/aromatic N) is 4. The van der Waals surface area contributed by atoms with Crippen LogP contribution in [0.25, 0.3) is 0 Å². The standard InChI is InChI=1S/C45H45N5O13/c46-43-48-40-32(41(58)49-43)47-22-50(40)30-11-5-4-8-25(30)24-13-19-61-44(14-6-1-7-15-44)39-35(56)38(57)45(59,16-18-52)42(63-39)62-36-28(24)20-29-31(37(36)60-21-23(53)12-17-51)34(55)27-10-3-2-9-26(27)33(29)54/h2-5,8-11,13,17,19-20,23-24,35,38-39,42,52-53,56-57,59H,1,6-7,12,14-16,18,21-22H2,(H2,46,49,58). The monoisotopic (exact) mass is 863 g/mol. The van der Waals surface area contributed by atoms with Crippen LogP contribution in [-0.2, 0) is 19.1 Å². The number of aliphatic hydroxyl groups is 5. The summed E-state index contributed by atoms with van der Waals surface area (Å²) in [6, 6.07) is 14.7. The lowest BCUT2D eigenvalue weighted by molar-refractivity contribution is -0.345. The lowest BCUT2D eigenvalue weighted by Crippen LogP contribution is -2.72. The first-order chi connectivity index (χ1) is 30.4. The fourth-order valence-electron chi connectivity index (χ4n) is 9.53. The Morgan fingerprint density at radius 2 is 1.70 bits per heavy atom. The molecule has 1 spiro atoms. The summed E-state index contributed by atoms with van der Waals surface area (Å²) >= 11 is 0. The molecule has 6 aliphatic rings. The van der Waals surface area contributed by atoms with Crippen LogP contribution in [0.5, 0.6) is 11.5 Å². The van der Waals surface area contributed by atoms with E-state index in [9.17, 15) is 44.7 Å². The van der Waals surface area contributed by atoms with Crippen LogP contribution in [0.15, 0.2) is 81.9 Å². The molecule has 9 rings (SSSR count). The SMILES string of the molecule is NC1=NC(=O)C2=NCN(c3ccccc3C3C=COC4(CCCCC4)C4OC(Oc5c3cc3c(c5OCC(O)CC=O)C(=O)c5ccccc5C3=O)C(O)(CCO)C(O)C4O)C2=N1. The number of hydrogen-bond acceptors (Lipinski definition) is 17. The van der Waals surface area contributed by atoms with Gasteiger partial charge in [-0.3, -0.25) is 19.4 Å². The Hall–Kier alpha value is -6.15. The Bertz CT molecular complexity index is 2510. The molecule has 7 N–H and O–H groups in total. The third-order valence-corrected chi connectivity index (χ3v) is 12.7. The summed E-state index contributed by atoms with van der Waals surface area (Å²) in [5, 5.41) is 57.1. The molecule has 18 nitrogen and oxygen atoms in total. The number of aliphatic imine (C=N–C) groups is 3. The highest BCUT2D eigenvalue weighted by atomic mass is 16.7. The molecule has 3 aromatic carbocycles. The topological polar surface area (TPSA) is 273 Å². The number of rotatable bonds is 9. The van der Waals surface area contributed by atoms with Crippen LogP contribution in [0.4, 0.5) is 5.69 Å². The predicted molar refractivity (Wildman–Crippen MR) is 223 cm³/mol. The molecule has 2 bridgehead atoms. The molecule has 2 aliphatic carbocycles. The lowest BCUT2D eigenvalue weighted by Gasteiger charge is -2.53. The van der Waals surface area contributed by atoms with E-state index >= 15 is 0 Å². The van der Waals surface area contributed by atoms with Crippen molar-refractivity contribution >= 4 is 47.0 Å². The number of carbonyl (C=O) groups is 4. The summed E-state index contributed by atoms with van der Waals surface area (Å²) in [5.41, 5.74) is 3.09. The second kappa shape index (κ2) is 16.5. The van der Waals surface area contributed by atoms with Crippen LogP contribution in [0.2, 0.25) is 0 Å². The maximum absolute atomic E-state index is 14.7. The van der Waals surface area contributed by atoms with Gasteiger partial charge in [0.1, 0.15) is 43.5 Å². The zero-order chi connectivity index (χ0) is 44.2. The minimum atomic E-state index is -2.50. The lowest BCUT2D eigenvalue weighted by atomic mass is 9.73. The maximum Gasteiger partial charge on any atom is 0.302 e. The number of amidine groups is 1. The van der Waals surface area contributed by atoms with Gasteiger partial charge >= 0.3 is 5.91 Å². The van der Waals surface area contributed by atoms with E-state index in [2.05, 4.69) is 15.0 Å². The Balaban J connectivity index is 1.33. The zero-order valence-electron chi connectivity index (χ0n) is 33.8. The molecule has 4 heterocycles. The van der Waals surface area contributed by atoms with E-state index in [1.165, 1.54) is 24.5 Å². The van der Waals surface area contributed by atoms with Crippen molar-refractivity contribution in [2.24, 2.45) is 20.7 Å². The van der Waals surface area contributed by atoms with Crippen LogP contribution in [0, 0.1) is 0 Å². The molecule has 63 heavy (non-hydrogen) atoms. The summed E-state index contributed by atoms with van der Waals surface area (Å²) in [6.07, 6.45) is -2.66. The van der Waals surface area contributed by atoms with E-state index in [0.29, 0.717) is 43.2 Å².